The fourth-order valence-electron chi connectivity index (χ4n) is 1.71. The molecule has 2 heterocycles. The van der Waals surface area contributed by atoms with Gasteiger partial charge in [0, 0.05) is 23.3 Å². The van der Waals surface area contributed by atoms with Gasteiger partial charge in [-0.25, -0.2) is 0 Å². The fourth-order valence-corrected chi connectivity index (χ4v) is 2.76. The summed E-state index contributed by atoms with van der Waals surface area (Å²) >= 11 is 1.66. The van der Waals surface area contributed by atoms with Gasteiger partial charge in [-0.3, -0.25) is 4.79 Å². The average molecular weight is 222 g/mol. The van der Waals surface area contributed by atoms with Crippen LogP contribution in [0.3, 0.4) is 0 Å². The highest BCUT2D eigenvalue weighted by atomic mass is 32.1. The first-order chi connectivity index (χ1) is 7.33. The molecule has 4 heteroatoms. The predicted molar refractivity (Wildman–Crippen MR) is 62.3 cm³/mol. The van der Waals surface area contributed by atoms with Crippen LogP contribution < -0.4 is 10.6 Å². The van der Waals surface area contributed by atoms with Crippen LogP contribution in [0.15, 0.2) is 18.0 Å². The minimum absolute atomic E-state index is 0.0225. The Hall–Kier alpha value is -1.13. The SMILES string of the molecule is C=CCNC(=O)c1csc2c1CCNC2. The molecule has 0 atom stereocenters. The molecule has 1 aliphatic heterocycles. The largest absolute Gasteiger partial charge is 0.349 e. The molecule has 0 aliphatic carbocycles. The van der Waals surface area contributed by atoms with Crippen molar-refractivity contribution >= 4 is 17.2 Å². The first-order valence-electron chi connectivity index (χ1n) is 5.02. The molecule has 0 unspecified atom stereocenters. The highest BCUT2D eigenvalue weighted by molar-refractivity contribution is 7.10. The van der Waals surface area contributed by atoms with Crippen LogP contribution in [-0.4, -0.2) is 19.0 Å². The number of nitrogens with one attached hydrogen (secondary N) is 2. The lowest BCUT2D eigenvalue weighted by Crippen LogP contribution is -2.27. The third kappa shape index (κ3) is 2.11. The zero-order valence-corrected chi connectivity index (χ0v) is 9.32. The van der Waals surface area contributed by atoms with E-state index in [1.165, 1.54) is 10.4 Å². The number of thiophene rings is 1. The van der Waals surface area contributed by atoms with E-state index >= 15 is 0 Å². The van der Waals surface area contributed by atoms with Gasteiger partial charge in [0.25, 0.3) is 5.91 Å². The predicted octanol–water partition coefficient (Wildman–Crippen LogP) is 1.31. The zero-order chi connectivity index (χ0) is 10.7. The highest BCUT2D eigenvalue weighted by Gasteiger charge is 2.19. The Balaban J connectivity index is 2.17. The minimum atomic E-state index is 0.0225. The van der Waals surface area contributed by atoms with Crippen molar-refractivity contribution in [2.45, 2.75) is 13.0 Å². The second-order valence-corrected chi connectivity index (χ2v) is 4.44. The van der Waals surface area contributed by atoms with E-state index in [-0.39, 0.29) is 5.91 Å². The molecule has 0 fully saturated rings. The summed E-state index contributed by atoms with van der Waals surface area (Å²) in [6, 6.07) is 0. The van der Waals surface area contributed by atoms with Gasteiger partial charge < -0.3 is 10.6 Å². The number of carbonyl (C=O) groups excluding carboxylic acids is 1. The fraction of sp³-hybridized carbons (Fsp3) is 0.364. The lowest BCUT2D eigenvalue weighted by Gasteiger charge is -2.13. The number of rotatable bonds is 3. The van der Waals surface area contributed by atoms with E-state index < -0.39 is 0 Å². The zero-order valence-electron chi connectivity index (χ0n) is 8.51. The Morgan fingerprint density at radius 1 is 1.73 bits per heavy atom. The van der Waals surface area contributed by atoms with Crippen LogP contribution in [0.2, 0.25) is 0 Å². The summed E-state index contributed by atoms with van der Waals surface area (Å²) in [6.07, 6.45) is 2.65. The molecular formula is C11H14N2OS. The van der Waals surface area contributed by atoms with E-state index in [0.29, 0.717) is 6.54 Å². The van der Waals surface area contributed by atoms with Crippen molar-refractivity contribution in [3.05, 3.63) is 34.0 Å². The number of hydrogen-bond acceptors (Lipinski definition) is 3. The van der Waals surface area contributed by atoms with Gasteiger partial charge in [0.1, 0.15) is 0 Å². The molecule has 1 aromatic heterocycles. The van der Waals surface area contributed by atoms with E-state index in [9.17, 15) is 4.79 Å². The molecule has 15 heavy (non-hydrogen) atoms. The number of fused-ring (bicyclic) bond motifs is 1. The number of hydrogen-bond donors (Lipinski definition) is 2. The van der Waals surface area contributed by atoms with Crippen LogP contribution in [0.5, 0.6) is 0 Å². The van der Waals surface area contributed by atoms with Gasteiger partial charge in [0.05, 0.1) is 5.56 Å². The maximum absolute atomic E-state index is 11.8. The van der Waals surface area contributed by atoms with Crippen molar-refractivity contribution in [2.24, 2.45) is 0 Å². The monoisotopic (exact) mass is 222 g/mol. The van der Waals surface area contributed by atoms with Crippen molar-refractivity contribution in [1.82, 2.24) is 10.6 Å². The van der Waals surface area contributed by atoms with E-state index in [1.807, 2.05) is 5.38 Å². The van der Waals surface area contributed by atoms with E-state index in [1.54, 1.807) is 17.4 Å². The Morgan fingerprint density at radius 3 is 3.40 bits per heavy atom. The first kappa shape index (κ1) is 10.4. The lowest BCUT2D eigenvalue weighted by molar-refractivity contribution is 0.0957. The van der Waals surface area contributed by atoms with Crippen LogP contribution >= 0.6 is 11.3 Å². The molecule has 1 amide bonds. The van der Waals surface area contributed by atoms with Gasteiger partial charge in [-0.1, -0.05) is 6.08 Å². The Morgan fingerprint density at radius 2 is 2.60 bits per heavy atom. The first-order valence-corrected chi connectivity index (χ1v) is 5.90. The average Bonchev–Trinajstić information content (AvgIpc) is 2.69. The van der Waals surface area contributed by atoms with Crippen LogP contribution in [0.1, 0.15) is 20.8 Å². The molecule has 1 aliphatic rings. The van der Waals surface area contributed by atoms with Crippen LogP contribution in [0.25, 0.3) is 0 Å². The third-order valence-corrected chi connectivity index (χ3v) is 3.50. The van der Waals surface area contributed by atoms with Crippen LogP contribution in [0, 0.1) is 0 Å². The number of amides is 1. The maximum Gasteiger partial charge on any atom is 0.252 e. The van der Waals surface area contributed by atoms with Crippen LogP contribution in [0.4, 0.5) is 0 Å². The van der Waals surface area contributed by atoms with Crippen molar-refractivity contribution in [2.75, 3.05) is 13.1 Å². The quantitative estimate of drug-likeness (QED) is 0.757. The van der Waals surface area contributed by atoms with E-state index in [0.717, 1.165) is 25.1 Å². The second-order valence-electron chi connectivity index (χ2n) is 3.48. The summed E-state index contributed by atoms with van der Waals surface area (Å²) in [4.78, 5) is 13.1. The molecule has 2 rings (SSSR count). The van der Waals surface area contributed by atoms with Crippen molar-refractivity contribution < 1.29 is 4.79 Å². The number of carbonyl (C=O) groups is 1. The summed E-state index contributed by atoms with van der Waals surface area (Å²) < 4.78 is 0. The van der Waals surface area contributed by atoms with Crippen molar-refractivity contribution in [1.29, 1.82) is 0 Å². The van der Waals surface area contributed by atoms with Gasteiger partial charge in [-0.2, -0.15) is 0 Å². The molecule has 1 aromatic rings. The summed E-state index contributed by atoms with van der Waals surface area (Å²) in [7, 11) is 0. The standard InChI is InChI=1S/C11H14N2OS/c1-2-4-13-11(14)9-7-15-10-6-12-5-3-8(9)10/h2,7,12H,1,3-6H2,(H,13,14). The van der Waals surface area contributed by atoms with Gasteiger partial charge in [-0.05, 0) is 18.5 Å². The molecule has 0 bridgehead atoms. The summed E-state index contributed by atoms with van der Waals surface area (Å²) in [6.45, 7) is 5.97. The molecule has 0 aromatic carbocycles. The second kappa shape index (κ2) is 4.59. The molecular weight excluding hydrogens is 208 g/mol. The van der Waals surface area contributed by atoms with E-state index in [2.05, 4.69) is 17.2 Å². The summed E-state index contributed by atoms with van der Waals surface area (Å²) in [5, 5.41) is 8.07. The Labute approximate surface area is 93.2 Å². The molecule has 0 radical (unpaired) electrons. The molecule has 0 saturated heterocycles. The molecule has 2 N–H and O–H groups in total. The van der Waals surface area contributed by atoms with Gasteiger partial charge in [0.15, 0.2) is 0 Å². The van der Waals surface area contributed by atoms with Gasteiger partial charge in [-0.15, -0.1) is 17.9 Å². The topological polar surface area (TPSA) is 41.1 Å². The smallest absolute Gasteiger partial charge is 0.252 e. The Kier molecular flexibility index (Phi) is 3.18. The van der Waals surface area contributed by atoms with Crippen LogP contribution in [-0.2, 0) is 13.0 Å². The maximum atomic E-state index is 11.8. The Bertz CT molecular complexity index is 384. The van der Waals surface area contributed by atoms with E-state index in [4.69, 9.17) is 0 Å². The molecule has 0 spiro atoms. The van der Waals surface area contributed by atoms with Gasteiger partial charge in [0.2, 0.25) is 0 Å². The normalized spacial score (nSPS) is 14.4. The van der Waals surface area contributed by atoms with Crippen molar-refractivity contribution in [3.63, 3.8) is 0 Å². The highest BCUT2D eigenvalue weighted by Crippen LogP contribution is 2.25. The molecule has 0 saturated carbocycles. The lowest BCUT2D eigenvalue weighted by atomic mass is 10.0. The minimum Gasteiger partial charge on any atom is -0.349 e. The molecule has 3 nitrogen and oxygen atoms in total. The van der Waals surface area contributed by atoms with Crippen molar-refractivity contribution in [3.8, 4) is 0 Å². The summed E-state index contributed by atoms with van der Waals surface area (Å²) in [5.41, 5.74) is 2.07. The van der Waals surface area contributed by atoms with Gasteiger partial charge >= 0.3 is 0 Å². The third-order valence-electron chi connectivity index (χ3n) is 2.47. The molecule has 80 valence electrons. The summed E-state index contributed by atoms with van der Waals surface area (Å²) in [5.74, 6) is 0.0225.